The van der Waals surface area contributed by atoms with Crippen molar-refractivity contribution in [2.24, 2.45) is 0 Å². The smallest absolute Gasteiger partial charge is 0.220 e. The lowest BCUT2D eigenvalue weighted by molar-refractivity contribution is -0.121. The van der Waals surface area contributed by atoms with Gasteiger partial charge < -0.3 is 15.4 Å². The number of hydrogen-bond donors (Lipinski definition) is 2. The molecule has 0 aliphatic rings. The molecule has 0 spiro atoms. The maximum Gasteiger partial charge on any atom is 0.220 e. The zero-order valence-corrected chi connectivity index (χ0v) is 16.4. The van der Waals surface area contributed by atoms with Crippen LogP contribution in [-0.2, 0) is 22.5 Å². The number of fused-ring (bicyclic) bond motifs is 1. The number of carbonyl (C=O) groups is 1. The van der Waals surface area contributed by atoms with Gasteiger partial charge in [-0.3, -0.25) is 4.79 Å². The summed E-state index contributed by atoms with van der Waals surface area (Å²) >= 11 is 6.19. The van der Waals surface area contributed by atoms with Gasteiger partial charge in [0, 0.05) is 44.7 Å². The van der Waals surface area contributed by atoms with Gasteiger partial charge in [0.2, 0.25) is 5.91 Å². The molecular formula is C19H23ClN6O2. The van der Waals surface area contributed by atoms with Crippen molar-refractivity contribution in [2.75, 3.05) is 25.6 Å². The van der Waals surface area contributed by atoms with E-state index in [0.717, 1.165) is 12.0 Å². The minimum absolute atomic E-state index is 0.0270. The van der Waals surface area contributed by atoms with Crippen LogP contribution in [0.25, 0.3) is 5.65 Å². The van der Waals surface area contributed by atoms with Crippen LogP contribution in [-0.4, -0.2) is 46.0 Å². The largest absolute Gasteiger partial charge is 0.385 e. The molecule has 3 aromatic rings. The highest BCUT2D eigenvalue weighted by Gasteiger charge is 2.10. The van der Waals surface area contributed by atoms with Crippen LogP contribution in [0.1, 0.15) is 24.2 Å². The summed E-state index contributed by atoms with van der Waals surface area (Å²) in [6, 6.07) is 11.3. The van der Waals surface area contributed by atoms with Gasteiger partial charge in [0.25, 0.3) is 0 Å². The Morgan fingerprint density at radius 2 is 2.07 bits per heavy atom. The van der Waals surface area contributed by atoms with E-state index in [1.54, 1.807) is 11.6 Å². The molecular weight excluding hydrogens is 380 g/mol. The molecule has 3 rings (SSSR count). The number of aryl methyl sites for hydroxylation is 1. The van der Waals surface area contributed by atoms with E-state index in [9.17, 15) is 4.79 Å². The molecule has 0 unspecified atom stereocenters. The Bertz CT molecular complexity index is 930. The van der Waals surface area contributed by atoms with Gasteiger partial charge in [-0.05, 0) is 30.2 Å². The Labute approximate surface area is 168 Å². The predicted molar refractivity (Wildman–Crippen MR) is 107 cm³/mol. The summed E-state index contributed by atoms with van der Waals surface area (Å²) in [5.74, 6) is 1.29. The van der Waals surface area contributed by atoms with E-state index < -0.39 is 0 Å². The number of aromatic nitrogens is 4. The Kier molecular flexibility index (Phi) is 7.16. The Balaban J connectivity index is 1.59. The van der Waals surface area contributed by atoms with Crippen molar-refractivity contribution in [2.45, 2.75) is 25.8 Å². The third-order valence-corrected chi connectivity index (χ3v) is 4.54. The summed E-state index contributed by atoms with van der Waals surface area (Å²) in [6.07, 6.45) is 1.57. The van der Waals surface area contributed by atoms with E-state index in [1.165, 1.54) is 0 Å². The molecule has 0 aliphatic carbocycles. The van der Waals surface area contributed by atoms with Crippen LogP contribution in [0.5, 0.6) is 0 Å². The normalized spacial score (nSPS) is 10.9. The lowest BCUT2D eigenvalue weighted by atomic mass is 10.2. The van der Waals surface area contributed by atoms with Crippen molar-refractivity contribution < 1.29 is 9.53 Å². The van der Waals surface area contributed by atoms with Gasteiger partial charge in [0.1, 0.15) is 5.82 Å². The van der Waals surface area contributed by atoms with Crippen molar-refractivity contribution in [1.29, 1.82) is 0 Å². The third-order valence-electron chi connectivity index (χ3n) is 4.17. The van der Waals surface area contributed by atoms with Gasteiger partial charge in [0.05, 0.1) is 0 Å². The van der Waals surface area contributed by atoms with E-state index in [-0.39, 0.29) is 5.91 Å². The van der Waals surface area contributed by atoms with Crippen LogP contribution < -0.4 is 10.6 Å². The average molecular weight is 403 g/mol. The second-order valence-electron chi connectivity index (χ2n) is 6.25. The number of benzene rings is 1. The number of nitrogens with zero attached hydrogens (tertiary/aromatic N) is 4. The minimum Gasteiger partial charge on any atom is -0.385 e. The molecule has 0 bridgehead atoms. The van der Waals surface area contributed by atoms with E-state index in [4.69, 9.17) is 16.3 Å². The summed E-state index contributed by atoms with van der Waals surface area (Å²) in [5.41, 5.74) is 1.62. The van der Waals surface area contributed by atoms with Gasteiger partial charge in [0.15, 0.2) is 11.5 Å². The van der Waals surface area contributed by atoms with Crippen LogP contribution in [0, 0.1) is 0 Å². The number of ether oxygens (including phenoxy) is 1. The molecule has 9 heteroatoms. The zero-order chi connectivity index (χ0) is 19.8. The lowest BCUT2D eigenvalue weighted by Crippen LogP contribution is -2.25. The van der Waals surface area contributed by atoms with Crippen LogP contribution in [0.15, 0.2) is 36.4 Å². The summed E-state index contributed by atoms with van der Waals surface area (Å²) < 4.78 is 6.62. The summed E-state index contributed by atoms with van der Waals surface area (Å²) in [5, 5.41) is 19.6. The first kappa shape index (κ1) is 20.0. The van der Waals surface area contributed by atoms with Crippen LogP contribution in [0.3, 0.4) is 0 Å². The number of rotatable bonds is 10. The van der Waals surface area contributed by atoms with Crippen molar-refractivity contribution in [3.8, 4) is 0 Å². The van der Waals surface area contributed by atoms with E-state index in [1.807, 2.05) is 36.4 Å². The van der Waals surface area contributed by atoms with Crippen molar-refractivity contribution in [1.82, 2.24) is 25.1 Å². The quantitative estimate of drug-likeness (QED) is 0.506. The van der Waals surface area contributed by atoms with E-state index >= 15 is 0 Å². The van der Waals surface area contributed by atoms with Gasteiger partial charge in [-0.15, -0.1) is 15.3 Å². The Morgan fingerprint density at radius 3 is 2.89 bits per heavy atom. The van der Waals surface area contributed by atoms with Gasteiger partial charge in [-0.2, -0.15) is 4.52 Å². The fraction of sp³-hybridized carbons (Fsp3) is 0.368. The summed E-state index contributed by atoms with van der Waals surface area (Å²) in [7, 11) is 1.64. The van der Waals surface area contributed by atoms with Crippen molar-refractivity contribution in [3.05, 3.63) is 52.8 Å². The lowest BCUT2D eigenvalue weighted by Gasteiger charge is -2.08. The topological polar surface area (TPSA) is 93.4 Å². The number of nitrogens with one attached hydrogen (secondary N) is 2. The van der Waals surface area contributed by atoms with E-state index in [2.05, 4.69) is 25.9 Å². The third kappa shape index (κ3) is 5.40. The highest BCUT2D eigenvalue weighted by molar-refractivity contribution is 6.31. The molecule has 2 N–H and O–H groups in total. The second-order valence-corrected chi connectivity index (χ2v) is 6.65. The van der Waals surface area contributed by atoms with E-state index in [0.29, 0.717) is 54.9 Å². The fourth-order valence-electron chi connectivity index (χ4n) is 2.67. The van der Waals surface area contributed by atoms with Crippen LogP contribution in [0.4, 0.5) is 5.82 Å². The minimum atomic E-state index is -0.0270. The SMILES string of the molecule is COCCCNC(=O)CCc1nnc2ccc(NCc3ccccc3Cl)nn12. The molecule has 0 aliphatic heterocycles. The van der Waals surface area contributed by atoms with Gasteiger partial charge >= 0.3 is 0 Å². The molecule has 0 saturated heterocycles. The molecule has 2 heterocycles. The number of hydrogen-bond acceptors (Lipinski definition) is 6. The molecule has 148 valence electrons. The highest BCUT2D eigenvalue weighted by atomic mass is 35.5. The number of anilines is 1. The first-order valence-corrected chi connectivity index (χ1v) is 9.49. The molecule has 0 atom stereocenters. The Hall–Kier alpha value is -2.71. The average Bonchev–Trinajstić information content (AvgIpc) is 3.11. The fourth-order valence-corrected chi connectivity index (χ4v) is 2.87. The zero-order valence-electron chi connectivity index (χ0n) is 15.7. The molecule has 8 nitrogen and oxygen atoms in total. The molecule has 28 heavy (non-hydrogen) atoms. The molecule has 0 fully saturated rings. The molecule has 0 radical (unpaired) electrons. The maximum absolute atomic E-state index is 11.9. The molecule has 0 saturated carbocycles. The highest BCUT2D eigenvalue weighted by Crippen LogP contribution is 2.16. The van der Waals surface area contributed by atoms with Gasteiger partial charge in [-0.1, -0.05) is 29.8 Å². The number of amides is 1. The van der Waals surface area contributed by atoms with Crippen LogP contribution in [0.2, 0.25) is 5.02 Å². The first-order chi connectivity index (χ1) is 13.7. The summed E-state index contributed by atoms with van der Waals surface area (Å²) in [4.78, 5) is 11.9. The predicted octanol–water partition coefficient (Wildman–Crippen LogP) is 2.48. The Morgan fingerprint density at radius 1 is 1.21 bits per heavy atom. The number of halogens is 1. The molecule has 1 amide bonds. The van der Waals surface area contributed by atoms with Crippen molar-refractivity contribution in [3.63, 3.8) is 0 Å². The number of carbonyl (C=O) groups excluding carboxylic acids is 1. The van der Waals surface area contributed by atoms with Crippen molar-refractivity contribution >= 4 is 29.0 Å². The maximum atomic E-state index is 11.9. The first-order valence-electron chi connectivity index (χ1n) is 9.11. The monoisotopic (exact) mass is 402 g/mol. The second kappa shape index (κ2) is 10.0. The standard InChI is InChI=1S/C19H23ClN6O2/c1-28-12-4-11-21-19(27)10-9-18-24-23-17-8-7-16(25-26(17)18)22-13-14-5-2-3-6-15(14)20/h2-3,5-8H,4,9-13H2,1H3,(H,21,27)(H,22,25). The molecule has 2 aromatic heterocycles. The molecule has 1 aromatic carbocycles. The number of methoxy groups -OCH3 is 1. The summed E-state index contributed by atoms with van der Waals surface area (Å²) in [6.45, 7) is 1.78. The van der Waals surface area contributed by atoms with Crippen LogP contribution >= 0.6 is 11.6 Å². The van der Waals surface area contributed by atoms with Gasteiger partial charge in [-0.25, -0.2) is 0 Å².